The molecule has 1 aliphatic rings. The number of hydrogen-bond acceptors (Lipinski definition) is 3. The smallest absolute Gasteiger partial charge is 0.0223 e. The number of rotatable bonds is 9. The van der Waals surface area contributed by atoms with Crippen LogP contribution in [0.25, 0.3) is 0 Å². The molecule has 1 saturated heterocycles. The van der Waals surface area contributed by atoms with E-state index in [1.54, 1.807) is 0 Å². The molecule has 1 N–H and O–H groups in total. The highest BCUT2D eigenvalue weighted by Crippen LogP contribution is 2.17. The van der Waals surface area contributed by atoms with Crippen molar-refractivity contribution >= 4 is 0 Å². The third-order valence-electron chi connectivity index (χ3n) is 4.40. The zero-order valence-electron chi connectivity index (χ0n) is 13.8. The Hall–Kier alpha value is -0.120. The van der Waals surface area contributed by atoms with Crippen molar-refractivity contribution in [1.29, 1.82) is 0 Å². The second kappa shape index (κ2) is 8.93. The average molecular weight is 269 g/mol. The molecule has 0 spiro atoms. The lowest BCUT2D eigenvalue weighted by atomic mass is 10.0. The van der Waals surface area contributed by atoms with E-state index < -0.39 is 0 Å². The van der Waals surface area contributed by atoms with Crippen molar-refractivity contribution in [3.05, 3.63) is 0 Å². The van der Waals surface area contributed by atoms with Crippen LogP contribution in [-0.2, 0) is 0 Å². The van der Waals surface area contributed by atoms with Crippen LogP contribution in [-0.4, -0.2) is 61.7 Å². The van der Waals surface area contributed by atoms with Crippen LogP contribution in [0.2, 0.25) is 0 Å². The highest BCUT2D eigenvalue weighted by Gasteiger charge is 2.25. The quantitative estimate of drug-likeness (QED) is 0.693. The van der Waals surface area contributed by atoms with Crippen molar-refractivity contribution in [2.45, 2.75) is 59.0 Å². The third kappa shape index (κ3) is 5.80. The van der Waals surface area contributed by atoms with Crippen LogP contribution in [0.3, 0.4) is 0 Å². The van der Waals surface area contributed by atoms with Crippen LogP contribution in [0.5, 0.6) is 0 Å². The Morgan fingerprint density at radius 1 is 1.32 bits per heavy atom. The molecule has 1 fully saturated rings. The predicted octanol–water partition coefficient (Wildman–Crippen LogP) is 2.43. The van der Waals surface area contributed by atoms with E-state index in [1.807, 2.05) is 0 Å². The maximum Gasteiger partial charge on any atom is 0.0223 e. The highest BCUT2D eigenvalue weighted by molar-refractivity contribution is 4.82. The summed E-state index contributed by atoms with van der Waals surface area (Å²) >= 11 is 0. The lowest BCUT2D eigenvalue weighted by molar-refractivity contribution is 0.179. The minimum Gasteiger partial charge on any atom is -0.312 e. The number of nitrogens with zero attached hydrogens (tertiary/aromatic N) is 2. The van der Waals surface area contributed by atoms with Crippen LogP contribution in [0, 0.1) is 5.92 Å². The van der Waals surface area contributed by atoms with Gasteiger partial charge in [-0.15, -0.1) is 0 Å². The molecule has 0 saturated carbocycles. The van der Waals surface area contributed by atoms with Crippen molar-refractivity contribution in [1.82, 2.24) is 15.1 Å². The van der Waals surface area contributed by atoms with Crippen molar-refractivity contribution in [2.24, 2.45) is 5.92 Å². The second-order valence-corrected chi connectivity index (χ2v) is 6.45. The zero-order chi connectivity index (χ0) is 14.3. The predicted molar refractivity (Wildman–Crippen MR) is 84.7 cm³/mol. The van der Waals surface area contributed by atoms with Crippen LogP contribution >= 0.6 is 0 Å². The molecule has 0 radical (unpaired) electrons. The van der Waals surface area contributed by atoms with Crippen LogP contribution in [0.1, 0.15) is 47.0 Å². The van der Waals surface area contributed by atoms with Gasteiger partial charge in [0.1, 0.15) is 0 Å². The molecule has 3 nitrogen and oxygen atoms in total. The molecule has 0 amide bonds. The Morgan fingerprint density at radius 2 is 2.05 bits per heavy atom. The highest BCUT2D eigenvalue weighted by atomic mass is 15.2. The number of nitrogens with one attached hydrogen (secondary N) is 1. The third-order valence-corrected chi connectivity index (χ3v) is 4.40. The zero-order valence-corrected chi connectivity index (χ0v) is 13.8. The molecule has 2 unspecified atom stereocenters. The fourth-order valence-electron chi connectivity index (χ4n) is 3.13. The maximum absolute atomic E-state index is 3.69. The number of likely N-dealkylation sites (N-methyl/N-ethyl adjacent to an activating group) is 2. The van der Waals surface area contributed by atoms with E-state index in [-0.39, 0.29) is 0 Å². The van der Waals surface area contributed by atoms with Gasteiger partial charge >= 0.3 is 0 Å². The van der Waals surface area contributed by atoms with Crippen molar-refractivity contribution in [2.75, 3.05) is 39.8 Å². The van der Waals surface area contributed by atoms with Crippen LogP contribution in [0.4, 0.5) is 0 Å². The lowest BCUT2D eigenvalue weighted by Crippen LogP contribution is -2.46. The minimum absolute atomic E-state index is 0.626. The van der Waals surface area contributed by atoms with Gasteiger partial charge < -0.3 is 10.2 Å². The van der Waals surface area contributed by atoms with Gasteiger partial charge in [-0.05, 0) is 51.9 Å². The molecule has 3 heteroatoms. The van der Waals surface area contributed by atoms with E-state index >= 15 is 0 Å². The molecule has 19 heavy (non-hydrogen) atoms. The first-order valence-electron chi connectivity index (χ1n) is 8.24. The molecule has 1 heterocycles. The Balaban J connectivity index is 2.36. The minimum atomic E-state index is 0.626. The Labute approximate surface area is 120 Å². The summed E-state index contributed by atoms with van der Waals surface area (Å²) in [7, 11) is 2.29. The standard InChI is InChI=1S/C16H35N3/c1-6-10-17-16(14(3)4)13-18(5)12-15-9-8-11-19(15)7-2/h14-17H,6-13H2,1-5H3. The largest absolute Gasteiger partial charge is 0.312 e. The first-order valence-corrected chi connectivity index (χ1v) is 8.24. The van der Waals surface area contributed by atoms with Gasteiger partial charge in [0.15, 0.2) is 0 Å². The summed E-state index contributed by atoms with van der Waals surface area (Å²) in [6.07, 6.45) is 3.99. The van der Waals surface area contributed by atoms with Gasteiger partial charge in [-0.25, -0.2) is 0 Å². The Kier molecular flexibility index (Phi) is 7.96. The second-order valence-electron chi connectivity index (χ2n) is 6.45. The molecule has 0 bridgehead atoms. The maximum atomic E-state index is 3.69. The summed E-state index contributed by atoms with van der Waals surface area (Å²) in [5.74, 6) is 0.708. The summed E-state index contributed by atoms with van der Waals surface area (Å²) in [4.78, 5) is 5.17. The Bertz CT molecular complexity index is 230. The van der Waals surface area contributed by atoms with E-state index in [9.17, 15) is 0 Å². The van der Waals surface area contributed by atoms with Gasteiger partial charge in [0.25, 0.3) is 0 Å². The molecule has 1 rings (SSSR count). The first kappa shape index (κ1) is 16.9. The first-order chi connectivity index (χ1) is 9.08. The summed E-state index contributed by atoms with van der Waals surface area (Å²) in [5.41, 5.74) is 0. The number of hydrogen-bond donors (Lipinski definition) is 1. The van der Waals surface area contributed by atoms with Gasteiger partial charge in [-0.3, -0.25) is 4.90 Å². The van der Waals surface area contributed by atoms with E-state index in [4.69, 9.17) is 0 Å². The van der Waals surface area contributed by atoms with Gasteiger partial charge in [-0.1, -0.05) is 27.7 Å². The molecule has 1 aliphatic heterocycles. The van der Waals surface area contributed by atoms with E-state index in [0.29, 0.717) is 12.0 Å². The van der Waals surface area contributed by atoms with Crippen LogP contribution in [0.15, 0.2) is 0 Å². The summed E-state index contributed by atoms with van der Waals surface area (Å²) in [6.45, 7) is 15.2. The van der Waals surface area contributed by atoms with Crippen molar-refractivity contribution < 1.29 is 0 Å². The topological polar surface area (TPSA) is 18.5 Å². The van der Waals surface area contributed by atoms with Crippen molar-refractivity contribution in [3.8, 4) is 0 Å². The fraction of sp³-hybridized carbons (Fsp3) is 1.00. The Morgan fingerprint density at radius 3 is 2.63 bits per heavy atom. The molecular weight excluding hydrogens is 234 g/mol. The van der Waals surface area contributed by atoms with Crippen molar-refractivity contribution in [3.63, 3.8) is 0 Å². The summed E-state index contributed by atoms with van der Waals surface area (Å²) < 4.78 is 0. The molecule has 2 atom stereocenters. The normalized spacial score (nSPS) is 22.6. The molecule has 0 aromatic rings. The summed E-state index contributed by atoms with van der Waals surface area (Å²) in [6, 6.07) is 1.41. The van der Waals surface area contributed by atoms with E-state index in [2.05, 4.69) is 49.9 Å². The summed E-state index contributed by atoms with van der Waals surface area (Å²) in [5, 5.41) is 3.69. The molecule has 0 aromatic carbocycles. The average Bonchev–Trinajstić information content (AvgIpc) is 2.81. The molecular formula is C16H35N3. The molecule has 0 aliphatic carbocycles. The SMILES string of the molecule is CCCNC(CN(C)CC1CCCN1CC)C(C)C. The van der Waals surface area contributed by atoms with Gasteiger partial charge in [-0.2, -0.15) is 0 Å². The van der Waals surface area contributed by atoms with Gasteiger partial charge in [0.05, 0.1) is 0 Å². The van der Waals surface area contributed by atoms with Gasteiger partial charge in [0.2, 0.25) is 0 Å². The lowest BCUT2D eigenvalue weighted by Gasteiger charge is -2.32. The van der Waals surface area contributed by atoms with E-state index in [0.717, 1.165) is 12.6 Å². The fourth-order valence-corrected chi connectivity index (χ4v) is 3.13. The van der Waals surface area contributed by atoms with Gasteiger partial charge in [0, 0.05) is 25.2 Å². The van der Waals surface area contributed by atoms with Crippen LogP contribution < -0.4 is 5.32 Å². The molecule has 0 aromatic heterocycles. The monoisotopic (exact) mass is 269 g/mol. The molecule has 114 valence electrons. The van der Waals surface area contributed by atoms with E-state index in [1.165, 1.54) is 45.4 Å². The number of likely N-dealkylation sites (tertiary alicyclic amines) is 1.